The Kier molecular flexibility index (Phi) is 4.87. The number of hydrogen-bond acceptors (Lipinski definition) is 2. The van der Waals surface area contributed by atoms with Gasteiger partial charge in [0.05, 0.1) is 11.7 Å². The highest BCUT2D eigenvalue weighted by Crippen LogP contribution is 2.40. The Labute approximate surface area is 155 Å². The van der Waals surface area contributed by atoms with Gasteiger partial charge in [-0.1, -0.05) is 28.1 Å². The van der Waals surface area contributed by atoms with Gasteiger partial charge in [0.1, 0.15) is 11.4 Å². The predicted molar refractivity (Wildman–Crippen MR) is 100 cm³/mol. The first-order valence-electron chi connectivity index (χ1n) is 8.31. The van der Waals surface area contributed by atoms with Gasteiger partial charge in [-0.3, -0.25) is 4.90 Å². The lowest BCUT2D eigenvalue weighted by Gasteiger charge is -2.38. The van der Waals surface area contributed by atoms with Crippen LogP contribution in [-0.4, -0.2) is 11.7 Å². The van der Waals surface area contributed by atoms with E-state index >= 15 is 0 Å². The minimum Gasteiger partial charge on any atom is -0.443 e. The van der Waals surface area contributed by atoms with Gasteiger partial charge in [0.15, 0.2) is 0 Å². The standard InChI is InChI=1S/C20H21BrFNO2/c1-20(2,3)25-19(24)23-17(13-4-8-16(22)9-5-13)10-6-14-12-15(21)7-11-18(14)23/h4-5,7-9,11-12,17H,6,10H2,1-3H3. The molecule has 132 valence electrons. The average molecular weight is 406 g/mol. The van der Waals surface area contributed by atoms with Crippen LogP contribution in [0, 0.1) is 5.82 Å². The van der Waals surface area contributed by atoms with Crippen molar-refractivity contribution in [2.24, 2.45) is 0 Å². The van der Waals surface area contributed by atoms with Crippen LogP contribution in [-0.2, 0) is 11.2 Å². The highest BCUT2D eigenvalue weighted by molar-refractivity contribution is 9.10. The summed E-state index contributed by atoms with van der Waals surface area (Å²) in [6.45, 7) is 5.55. The molecule has 0 spiro atoms. The third kappa shape index (κ3) is 4.03. The van der Waals surface area contributed by atoms with E-state index in [4.69, 9.17) is 4.74 Å². The highest BCUT2D eigenvalue weighted by atomic mass is 79.9. The second-order valence-electron chi connectivity index (χ2n) is 7.23. The number of halogens is 2. The van der Waals surface area contributed by atoms with E-state index in [2.05, 4.69) is 15.9 Å². The van der Waals surface area contributed by atoms with E-state index in [1.165, 1.54) is 12.1 Å². The van der Waals surface area contributed by atoms with E-state index in [0.717, 1.165) is 34.1 Å². The number of rotatable bonds is 1. The number of anilines is 1. The second kappa shape index (κ2) is 6.79. The van der Waals surface area contributed by atoms with Crippen molar-refractivity contribution >= 4 is 27.7 Å². The molecule has 2 aromatic rings. The Bertz CT molecular complexity index is 783. The minimum absolute atomic E-state index is 0.177. The summed E-state index contributed by atoms with van der Waals surface area (Å²) in [7, 11) is 0. The van der Waals surface area contributed by atoms with E-state index in [1.807, 2.05) is 39.0 Å². The van der Waals surface area contributed by atoms with Gasteiger partial charge in [0.2, 0.25) is 0 Å². The smallest absolute Gasteiger partial charge is 0.415 e. The first-order chi connectivity index (χ1) is 11.7. The van der Waals surface area contributed by atoms with Gasteiger partial charge in [0, 0.05) is 4.47 Å². The van der Waals surface area contributed by atoms with Crippen LogP contribution in [0.15, 0.2) is 46.9 Å². The predicted octanol–water partition coefficient (Wildman–Crippen LogP) is 6.02. The summed E-state index contributed by atoms with van der Waals surface area (Å²) in [5.41, 5.74) is 2.26. The van der Waals surface area contributed by atoms with E-state index in [0.29, 0.717) is 0 Å². The molecule has 0 bridgehead atoms. The van der Waals surface area contributed by atoms with Crippen LogP contribution in [0.2, 0.25) is 0 Å². The van der Waals surface area contributed by atoms with Crippen LogP contribution in [0.4, 0.5) is 14.9 Å². The summed E-state index contributed by atoms with van der Waals surface area (Å²) in [4.78, 5) is 14.6. The first-order valence-corrected chi connectivity index (χ1v) is 9.10. The van der Waals surface area contributed by atoms with Gasteiger partial charge >= 0.3 is 6.09 Å². The van der Waals surface area contributed by atoms with Crippen molar-refractivity contribution in [1.29, 1.82) is 0 Å². The molecule has 1 aliphatic heterocycles. The fraction of sp³-hybridized carbons (Fsp3) is 0.350. The number of nitrogens with zero attached hydrogens (tertiary/aromatic N) is 1. The van der Waals surface area contributed by atoms with E-state index in [9.17, 15) is 9.18 Å². The minimum atomic E-state index is -0.586. The summed E-state index contributed by atoms with van der Waals surface area (Å²) in [5, 5.41) is 0. The maximum atomic E-state index is 13.3. The number of carbonyl (C=O) groups excluding carboxylic acids is 1. The lowest BCUT2D eigenvalue weighted by atomic mass is 9.91. The Morgan fingerprint density at radius 2 is 1.88 bits per heavy atom. The summed E-state index contributed by atoms with van der Waals surface area (Å²) in [6.07, 6.45) is 1.22. The van der Waals surface area contributed by atoms with Crippen LogP contribution < -0.4 is 4.90 Å². The molecule has 25 heavy (non-hydrogen) atoms. The van der Waals surface area contributed by atoms with Crippen LogP contribution in [0.25, 0.3) is 0 Å². The third-order valence-electron chi connectivity index (χ3n) is 4.14. The maximum absolute atomic E-state index is 13.3. The third-order valence-corrected chi connectivity index (χ3v) is 4.64. The Hall–Kier alpha value is -1.88. The van der Waals surface area contributed by atoms with E-state index < -0.39 is 5.60 Å². The Balaban J connectivity index is 2.04. The Morgan fingerprint density at radius 1 is 1.20 bits per heavy atom. The van der Waals surface area contributed by atoms with Crippen LogP contribution in [0.3, 0.4) is 0 Å². The molecule has 0 aliphatic carbocycles. The van der Waals surface area contributed by atoms with Gasteiger partial charge in [-0.2, -0.15) is 0 Å². The zero-order valence-electron chi connectivity index (χ0n) is 14.6. The molecule has 1 amide bonds. The number of aryl methyl sites for hydroxylation is 1. The molecule has 5 heteroatoms. The molecule has 0 N–H and O–H groups in total. The molecule has 0 radical (unpaired) electrons. The summed E-state index contributed by atoms with van der Waals surface area (Å²) in [5.74, 6) is -0.285. The van der Waals surface area contributed by atoms with Crippen molar-refractivity contribution in [3.05, 3.63) is 63.9 Å². The summed E-state index contributed by atoms with van der Waals surface area (Å²) >= 11 is 3.49. The average Bonchev–Trinajstić information content (AvgIpc) is 2.52. The molecule has 1 unspecified atom stereocenters. The molecule has 1 aliphatic rings. The van der Waals surface area contributed by atoms with Crippen molar-refractivity contribution in [2.45, 2.75) is 45.3 Å². The zero-order chi connectivity index (χ0) is 18.2. The molecule has 0 saturated carbocycles. The van der Waals surface area contributed by atoms with Crippen LogP contribution >= 0.6 is 15.9 Å². The fourth-order valence-corrected chi connectivity index (χ4v) is 3.52. The van der Waals surface area contributed by atoms with Gasteiger partial charge in [-0.05, 0) is 75.1 Å². The molecule has 3 rings (SSSR count). The van der Waals surface area contributed by atoms with Crippen molar-refractivity contribution < 1.29 is 13.9 Å². The van der Waals surface area contributed by atoms with Crippen LogP contribution in [0.5, 0.6) is 0 Å². The molecule has 0 fully saturated rings. The summed E-state index contributed by atoms with van der Waals surface area (Å²) < 4.78 is 19.9. The Morgan fingerprint density at radius 3 is 2.52 bits per heavy atom. The number of fused-ring (bicyclic) bond motifs is 1. The molecule has 1 heterocycles. The quantitative estimate of drug-likeness (QED) is 0.580. The molecule has 2 aromatic carbocycles. The highest BCUT2D eigenvalue weighted by Gasteiger charge is 2.35. The van der Waals surface area contributed by atoms with Crippen molar-refractivity contribution in [3.63, 3.8) is 0 Å². The van der Waals surface area contributed by atoms with Gasteiger partial charge in [0.25, 0.3) is 0 Å². The van der Waals surface area contributed by atoms with Crippen molar-refractivity contribution in [1.82, 2.24) is 0 Å². The molecular weight excluding hydrogens is 385 g/mol. The lowest BCUT2D eigenvalue weighted by molar-refractivity contribution is 0.0560. The largest absolute Gasteiger partial charge is 0.443 e. The molecular formula is C20H21BrFNO2. The monoisotopic (exact) mass is 405 g/mol. The first kappa shape index (κ1) is 17.9. The summed E-state index contributed by atoms with van der Waals surface area (Å²) in [6, 6.07) is 12.0. The number of hydrogen-bond donors (Lipinski definition) is 0. The fourth-order valence-electron chi connectivity index (χ4n) is 3.12. The number of ether oxygens (including phenoxy) is 1. The van der Waals surface area contributed by atoms with Gasteiger partial charge in [-0.15, -0.1) is 0 Å². The molecule has 3 nitrogen and oxygen atoms in total. The van der Waals surface area contributed by atoms with Crippen molar-refractivity contribution in [3.8, 4) is 0 Å². The molecule has 1 atom stereocenters. The number of amides is 1. The maximum Gasteiger partial charge on any atom is 0.415 e. The number of benzene rings is 2. The van der Waals surface area contributed by atoms with Crippen LogP contribution in [0.1, 0.15) is 44.4 Å². The van der Waals surface area contributed by atoms with Gasteiger partial charge in [-0.25, -0.2) is 9.18 Å². The van der Waals surface area contributed by atoms with Gasteiger partial charge < -0.3 is 4.74 Å². The second-order valence-corrected chi connectivity index (χ2v) is 8.15. The lowest BCUT2D eigenvalue weighted by Crippen LogP contribution is -2.42. The SMILES string of the molecule is CC(C)(C)OC(=O)N1c2ccc(Br)cc2CCC1c1ccc(F)cc1. The van der Waals surface area contributed by atoms with Crippen molar-refractivity contribution in [2.75, 3.05) is 4.90 Å². The number of carbonyl (C=O) groups is 1. The van der Waals surface area contributed by atoms with E-state index in [1.54, 1.807) is 17.0 Å². The molecule has 0 aromatic heterocycles. The topological polar surface area (TPSA) is 29.5 Å². The zero-order valence-corrected chi connectivity index (χ0v) is 16.1. The van der Waals surface area contributed by atoms with E-state index in [-0.39, 0.29) is 18.0 Å². The molecule has 0 saturated heterocycles. The normalized spacial score (nSPS) is 17.2.